The Balaban J connectivity index is 1.89. The van der Waals surface area contributed by atoms with Gasteiger partial charge in [-0.2, -0.15) is 5.10 Å². The van der Waals surface area contributed by atoms with Crippen LogP contribution < -0.4 is 0 Å². The molecule has 1 aromatic heterocycles. The number of aromatic nitrogens is 2. The van der Waals surface area contributed by atoms with Gasteiger partial charge in [0, 0.05) is 50.9 Å². The second kappa shape index (κ2) is 9.62. The van der Waals surface area contributed by atoms with Crippen LogP contribution in [0.5, 0.6) is 0 Å². The fourth-order valence-corrected chi connectivity index (χ4v) is 4.28. The molecule has 2 heterocycles. The molecule has 1 aliphatic rings. The van der Waals surface area contributed by atoms with Crippen LogP contribution in [-0.4, -0.2) is 65.0 Å². The molecule has 0 aliphatic carbocycles. The number of methoxy groups -OCH3 is 1. The number of H-pyrrole nitrogens is 1. The van der Waals surface area contributed by atoms with Gasteiger partial charge in [-0.15, -0.1) is 0 Å². The first-order valence-corrected chi connectivity index (χ1v) is 10.5. The lowest BCUT2D eigenvalue weighted by Gasteiger charge is -2.29. The SMILES string of the molecule is COCCCN1C(=O)C[C@](CC(=O)N(C)Cc2cc(C)[nH]n2)(c2ccccc2Cl)C1=O. The van der Waals surface area contributed by atoms with E-state index in [1.807, 2.05) is 13.0 Å². The second-order valence-corrected chi connectivity index (χ2v) is 8.31. The molecule has 8 nitrogen and oxygen atoms in total. The summed E-state index contributed by atoms with van der Waals surface area (Å²) in [5.74, 6) is -0.959. The number of carbonyl (C=O) groups is 3. The molecule has 0 saturated carbocycles. The highest BCUT2D eigenvalue weighted by molar-refractivity contribution is 6.32. The quantitative estimate of drug-likeness (QED) is 0.471. The number of halogens is 1. The van der Waals surface area contributed by atoms with Crippen molar-refractivity contribution in [1.29, 1.82) is 0 Å². The molecule has 1 aliphatic heterocycles. The van der Waals surface area contributed by atoms with Crippen LogP contribution >= 0.6 is 11.6 Å². The lowest BCUT2D eigenvalue weighted by atomic mass is 9.75. The van der Waals surface area contributed by atoms with Crippen LogP contribution in [0.1, 0.15) is 36.2 Å². The minimum Gasteiger partial charge on any atom is -0.385 e. The largest absolute Gasteiger partial charge is 0.385 e. The first-order chi connectivity index (χ1) is 14.8. The highest BCUT2D eigenvalue weighted by Crippen LogP contribution is 2.43. The predicted octanol–water partition coefficient (Wildman–Crippen LogP) is 2.45. The van der Waals surface area contributed by atoms with Gasteiger partial charge in [0.1, 0.15) is 0 Å². The molecule has 166 valence electrons. The normalized spacial score (nSPS) is 18.6. The molecule has 0 unspecified atom stereocenters. The Hall–Kier alpha value is -2.71. The molecule has 1 fully saturated rings. The predicted molar refractivity (Wildman–Crippen MR) is 115 cm³/mol. The molecule has 31 heavy (non-hydrogen) atoms. The summed E-state index contributed by atoms with van der Waals surface area (Å²) in [6.45, 7) is 2.85. The topological polar surface area (TPSA) is 95.6 Å². The third kappa shape index (κ3) is 4.80. The summed E-state index contributed by atoms with van der Waals surface area (Å²) in [5, 5.41) is 7.37. The molecule has 9 heteroatoms. The third-order valence-corrected chi connectivity index (χ3v) is 5.89. The summed E-state index contributed by atoms with van der Waals surface area (Å²) in [6.07, 6.45) is 0.282. The van der Waals surface area contributed by atoms with Crippen molar-refractivity contribution in [3.63, 3.8) is 0 Å². The molecule has 0 bridgehead atoms. The van der Waals surface area contributed by atoms with E-state index in [4.69, 9.17) is 16.3 Å². The monoisotopic (exact) mass is 446 g/mol. The molecule has 2 aromatic rings. The molecule has 1 atom stereocenters. The van der Waals surface area contributed by atoms with E-state index in [0.29, 0.717) is 30.2 Å². The van der Waals surface area contributed by atoms with Crippen molar-refractivity contribution in [2.45, 2.75) is 38.1 Å². The summed E-state index contributed by atoms with van der Waals surface area (Å²) < 4.78 is 5.04. The summed E-state index contributed by atoms with van der Waals surface area (Å²) in [4.78, 5) is 42.2. The number of nitrogens with one attached hydrogen (secondary N) is 1. The molecule has 0 radical (unpaired) electrons. The Morgan fingerprint density at radius 2 is 2.10 bits per heavy atom. The molecule has 1 aromatic carbocycles. The number of aromatic amines is 1. The van der Waals surface area contributed by atoms with Crippen LogP contribution in [0.2, 0.25) is 5.02 Å². The zero-order valence-electron chi connectivity index (χ0n) is 18.0. The summed E-state index contributed by atoms with van der Waals surface area (Å²) >= 11 is 6.44. The van der Waals surface area contributed by atoms with Crippen molar-refractivity contribution in [3.05, 3.63) is 52.3 Å². The van der Waals surface area contributed by atoms with Crippen LogP contribution in [0.3, 0.4) is 0 Å². The van der Waals surface area contributed by atoms with E-state index in [1.54, 1.807) is 38.4 Å². The lowest BCUT2D eigenvalue weighted by molar-refractivity contribution is -0.142. The van der Waals surface area contributed by atoms with Crippen molar-refractivity contribution in [1.82, 2.24) is 20.0 Å². The zero-order chi connectivity index (χ0) is 22.6. The summed E-state index contributed by atoms with van der Waals surface area (Å²) in [7, 11) is 3.22. The molecular formula is C22H27ClN4O4. The van der Waals surface area contributed by atoms with Gasteiger partial charge in [0.2, 0.25) is 17.7 Å². The minimum atomic E-state index is -1.32. The number of nitrogens with zero attached hydrogens (tertiary/aromatic N) is 3. The number of imide groups is 1. The van der Waals surface area contributed by atoms with E-state index < -0.39 is 5.41 Å². The molecule has 1 saturated heterocycles. The number of amides is 3. The Morgan fingerprint density at radius 3 is 2.74 bits per heavy atom. The van der Waals surface area contributed by atoms with E-state index in [9.17, 15) is 14.4 Å². The van der Waals surface area contributed by atoms with Crippen molar-refractivity contribution in [2.24, 2.45) is 0 Å². The number of ether oxygens (including phenoxy) is 1. The van der Waals surface area contributed by atoms with Gasteiger partial charge in [-0.25, -0.2) is 0 Å². The van der Waals surface area contributed by atoms with Gasteiger partial charge in [-0.3, -0.25) is 24.4 Å². The number of likely N-dealkylation sites (tertiary alicyclic amines) is 1. The van der Waals surface area contributed by atoms with Crippen LogP contribution in [0.4, 0.5) is 0 Å². The molecular weight excluding hydrogens is 420 g/mol. The zero-order valence-corrected chi connectivity index (χ0v) is 18.7. The van der Waals surface area contributed by atoms with Crippen molar-refractivity contribution >= 4 is 29.3 Å². The van der Waals surface area contributed by atoms with Crippen LogP contribution in [-0.2, 0) is 31.1 Å². The lowest BCUT2D eigenvalue weighted by Crippen LogP contribution is -2.43. The van der Waals surface area contributed by atoms with E-state index >= 15 is 0 Å². The van der Waals surface area contributed by atoms with Gasteiger partial charge in [-0.05, 0) is 31.0 Å². The standard InChI is InChI=1S/C22H27ClN4O4/c1-15-11-16(25-24-15)14-26(2)19(28)12-22(17-7-4-5-8-18(17)23)13-20(29)27(21(22)30)9-6-10-31-3/h4-5,7-8,11H,6,9-10,12-14H2,1-3H3,(H,24,25)/t22-/m1/s1. The van der Waals surface area contributed by atoms with E-state index in [2.05, 4.69) is 10.2 Å². The van der Waals surface area contributed by atoms with Gasteiger partial charge >= 0.3 is 0 Å². The molecule has 0 spiro atoms. The number of aryl methyl sites for hydroxylation is 1. The maximum absolute atomic E-state index is 13.5. The fraction of sp³-hybridized carbons (Fsp3) is 0.455. The van der Waals surface area contributed by atoms with Crippen molar-refractivity contribution in [3.8, 4) is 0 Å². The first-order valence-electron chi connectivity index (χ1n) is 10.1. The number of hydrogen-bond donors (Lipinski definition) is 1. The Morgan fingerprint density at radius 1 is 1.35 bits per heavy atom. The Bertz CT molecular complexity index is 976. The number of carbonyl (C=O) groups excluding carboxylic acids is 3. The van der Waals surface area contributed by atoms with Gasteiger partial charge in [-0.1, -0.05) is 29.8 Å². The average molecular weight is 447 g/mol. The minimum absolute atomic E-state index is 0.0936. The highest BCUT2D eigenvalue weighted by Gasteiger charge is 2.54. The third-order valence-electron chi connectivity index (χ3n) is 5.57. The van der Waals surface area contributed by atoms with Crippen LogP contribution in [0.15, 0.2) is 30.3 Å². The van der Waals surface area contributed by atoms with Gasteiger partial charge in [0.05, 0.1) is 17.7 Å². The van der Waals surface area contributed by atoms with Crippen molar-refractivity contribution in [2.75, 3.05) is 27.3 Å². The number of hydrogen-bond acceptors (Lipinski definition) is 5. The van der Waals surface area contributed by atoms with Crippen molar-refractivity contribution < 1.29 is 19.1 Å². The second-order valence-electron chi connectivity index (χ2n) is 7.90. The van der Waals surface area contributed by atoms with E-state index in [-0.39, 0.29) is 37.1 Å². The van der Waals surface area contributed by atoms with E-state index in [0.717, 1.165) is 11.4 Å². The van der Waals surface area contributed by atoms with Gasteiger partial charge in [0.15, 0.2) is 0 Å². The first kappa shape index (κ1) is 23.0. The summed E-state index contributed by atoms with van der Waals surface area (Å²) in [5.41, 5.74) is 0.790. The molecule has 1 N–H and O–H groups in total. The average Bonchev–Trinajstić information content (AvgIpc) is 3.24. The molecule has 3 amide bonds. The Kier molecular flexibility index (Phi) is 7.12. The highest BCUT2D eigenvalue weighted by atomic mass is 35.5. The van der Waals surface area contributed by atoms with Crippen LogP contribution in [0, 0.1) is 6.92 Å². The summed E-state index contributed by atoms with van der Waals surface area (Å²) in [6, 6.07) is 8.76. The Labute approximate surface area is 186 Å². The van der Waals surface area contributed by atoms with E-state index in [1.165, 1.54) is 9.80 Å². The fourth-order valence-electron chi connectivity index (χ4n) is 3.97. The van der Waals surface area contributed by atoms with Gasteiger partial charge in [0.25, 0.3) is 0 Å². The maximum atomic E-state index is 13.5. The number of benzene rings is 1. The van der Waals surface area contributed by atoms with Gasteiger partial charge < -0.3 is 9.64 Å². The smallest absolute Gasteiger partial charge is 0.240 e. The maximum Gasteiger partial charge on any atom is 0.240 e. The molecule has 3 rings (SSSR count). The number of rotatable bonds is 9. The van der Waals surface area contributed by atoms with Crippen LogP contribution in [0.25, 0.3) is 0 Å².